The van der Waals surface area contributed by atoms with Gasteiger partial charge in [0.2, 0.25) is 0 Å². The summed E-state index contributed by atoms with van der Waals surface area (Å²) in [6, 6.07) is 30.8. The van der Waals surface area contributed by atoms with Gasteiger partial charge in [-0.15, -0.1) is 0 Å². The highest BCUT2D eigenvalue weighted by atomic mass is 79.9. The van der Waals surface area contributed by atoms with Gasteiger partial charge in [-0.3, -0.25) is 9.36 Å². The standard InChI is InChI=1S/C38H29BrFN3O3S/c1-3-46-37(45)33-34(25-9-5-4-6-10-25)41-38-43(35(33)26-15-19-28(40)20-16-26)36(44)32(47-38)21-30-23(2)42(31-12-8-7-11-29(30)31)22-24-13-17-27(39)18-14-24/h4-21,35H,3,22H2,1-2H3/b32-21-/t35-/m0/s1. The Labute approximate surface area is 282 Å². The molecule has 234 valence electrons. The second-order valence-electron chi connectivity index (χ2n) is 11.2. The first kappa shape index (κ1) is 30.8. The third kappa shape index (κ3) is 5.70. The van der Waals surface area contributed by atoms with Crippen molar-refractivity contribution in [3.63, 3.8) is 0 Å². The number of esters is 1. The van der Waals surface area contributed by atoms with Crippen LogP contribution in [-0.4, -0.2) is 21.7 Å². The van der Waals surface area contributed by atoms with E-state index in [2.05, 4.69) is 51.7 Å². The third-order valence-electron chi connectivity index (χ3n) is 8.37. The minimum Gasteiger partial charge on any atom is -0.463 e. The van der Waals surface area contributed by atoms with E-state index in [1.807, 2.05) is 60.7 Å². The van der Waals surface area contributed by atoms with Crippen LogP contribution in [0.2, 0.25) is 0 Å². The van der Waals surface area contributed by atoms with E-state index in [0.29, 0.717) is 32.7 Å². The lowest BCUT2D eigenvalue weighted by Gasteiger charge is -2.25. The quantitative estimate of drug-likeness (QED) is 0.166. The fraction of sp³-hybridized carbons (Fsp3) is 0.132. The summed E-state index contributed by atoms with van der Waals surface area (Å²) >= 11 is 4.79. The number of benzene rings is 4. The fourth-order valence-corrected chi connectivity index (χ4v) is 7.40. The molecule has 0 N–H and O–H groups in total. The highest BCUT2D eigenvalue weighted by molar-refractivity contribution is 9.10. The molecule has 0 spiro atoms. The van der Waals surface area contributed by atoms with E-state index in [0.717, 1.165) is 32.2 Å². The zero-order valence-electron chi connectivity index (χ0n) is 25.6. The number of hydrogen-bond donors (Lipinski definition) is 0. The van der Waals surface area contributed by atoms with Crippen molar-refractivity contribution < 1.29 is 13.9 Å². The van der Waals surface area contributed by atoms with Gasteiger partial charge < -0.3 is 9.30 Å². The summed E-state index contributed by atoms with van der Waals surface area (Å²) < 4.78 is 24.9. The SMILES string of the molecule is CCOC(=O)C1=C(c2ccccc2)N=c2s/c(=C\c3c(C)n(Cc4ccc(Br)cc4)c4ccccc34)c(=O)n2[C@H]1c1ccc(F)cc1. The largest absolute Gasteiger partial charge is 0.463 e. The van der Waals surface area contributed by atoms with Crippen molar-refractivity contribution in [2.75, 3.05) is 6.61 Å². The van der Waals surface area contributed by atoms with Crippen molar-refractivity contribution >= 4 is 55.9 Å². The molecule has 47 heavy (non-hydrogen) atoms. The number of aromatic nitrogens is 2. The van der Waals surface area contributed by atoms with E-state index in [1.54, 1.807) is 23.6 Å². The van der Waals surface area contributed by atoms with Crippen LogP contribution >= 0.6 is 27.3 Å². The first-order chi connectivity index (χ1) is 22.8. The van der Waals surface area contributed by atoms with Gasteiger partial charge in [-0.2, -0.15) is 0 Å². The minimum atomic E-state index is -0.872. The molecule has 6 nitrogen and oxygen atoms in total. The first-order valence-corrected chi connectivity index (χ1v) is 16.8. The summed E-state index contributed by atoms with van der Waals surface area (Å²) in [6.45, 7) is 4.62. The number of halogens is 2. The number of carbonyl (C=O) groups is 1. The van der Waals surface area contributed by atoms with Gasteiger partial charge in [0.15, 0.2) is 4.80 Å². The summed E-state index contributed by atoms with van der Waals surface area (Å²) in [5.74, 6) is -0.994. The molecule has 0 saturated carbocycles. The van der Waals surface area contributed by atoms with Gasteiger partial charge in [0.1, 0.15) is 5.82 Å². The van der Waals surface area contributed by atoms with Crippen LogP contribution in [0.4, 0.5) is 4.39 Å². The van der Waals surface area contributed by atoms with Gasteiger partial charge in [-0.25, -0.2) is 14.2 Å². The Kier molecular flexibility index (Phi) is 8.34. The van der Waals surface area contributed by atoms with E-state index < -0.39 is 17.8 Å². The number of carbonyl (C=O) groups excluding carboxylic acids is 1. The lowest BCUT2D eigenvalue weighted by Crippen LogP contribution is -2.40. The van der Waals surface area contributed by atoms with Gasteiger partial charge in [0.25, 0.3) is 5.56 Å². The molecule has 0 amide bonds. The molecular formula is C38H29BrFN3O3S. The molecule has 1 aliphatic heterocycles. The van der Waals surface area contributed by atoms with Crippen LogP contribution in [0.5, 0.6) is 0 Å². The number of para-hydroxylation sites is 1. The Morgan fingerprint density at radius 1 is 0.979 bits per heavy atom. The van der Waals surface area contributed by atoms with E-state index in [1.165, 1.54) is 23.5 Å². The summed E-state index contributed by atoms with van der Waals surface area (Å²) in [7, 11) is 0. The molecule has 7 rings (SSSR count). The Hall–Kier alpha value is -4.86. The van der Waals surface area contributed by atoms with Crippen LogP contribution in [0.3, 0.4) is 0 Å². The number of thiazole rings is 1. The maximum Gasteiger partial charge on any atom is 0.338 e. The first-order valence-electron chi connectivity index (χ1n) is 15.2. The minimum absolute atomic E-state index is 0.147. The molecule has 4 aromatic carbocycles. The lowest BCUT2D eigenvalue weighted by atomic mass is 9.93. The average Bonchev–Trinajstić information content (AvgIpc) is 3.54. The molecule has 0 bridgehead atoms. The number of nitrogens with zero attached hydrogens (tertiary/aromatic N) is 3. The van der Waals surface area contributed by atoms with Crippen molar-refractivity contribution in [3.05, 3.63) is 167 Å². The average molecular weight is 707 g/mol. The molecule has 0 unspecified atom stereocenters. The van der Waals surface area contributed by atoms with Gasteiger partial charge in [0, 0.05) is 38.7 Å². The molecule has 1 atom stereocenters. The number of ether oxygens (including phenoxy) is 1. The Morgan fingerprint density at radius 3 is 2.40 bits per heavy atom. The molecule has 0 saturated heterocycles. The van der Waals surface area contributed by atoms with Gasteiger partial charge in [-0.05, 0) is 61.4 Å². The van der Waals surface area contributed by atoms with Gasteiger partial charge >= 0.3 is 5.97 Å². The van der Waals surface area contributed by atoms with Crippen LogP contribution in [0.25, 0.3) is 22.7 Å². The van der Waals surface area contributed by atoms with Crippen LogP contribution < -0.4 is 14.9 Å². The van der Waals surface area contributed by atoms with Crippen LogP contribution in [0, 0.1) is 12.7 Å². The molecular weight excluding hydrogens is 677 g/mol. The molecule has 1 aliphatic rings. The zero-order chi connectivity index (χ0) is 32.7. The van der Waals surface area contributed by atoms with E-state index in [9.17, 15) is 14.0 Å². The Bertz CT molecular complexity index is 2360. The lowest BCUT2D eigenvalue weighted by molar-refractivity contribution is -0.138. The van der Waals surface area contributed by atoms with Crippen molar-refractivity contribution in [1.82, 2.24) is 9.13 Å². The molecule has 6 aromatic rings. The monoisotopic (exact) mass is 705 g/mol. The third-order valence-corrected chi connectivity index (χ3v) is 9.88. The highest BCUT2D eigenvalue weighted by Gasteiger charge is 2.35. The van der Waals surface area contributed by atoms with Crippen LogP contribution in [0.15, 0.2) is 123 Å². The molecule has 2 aromatic heterocycles. The molecule has 0 aliphatic carbocycles. The van der Waals surface area contributed by atoms with Crippen molar-refractivity contribution in [2.45, 2.75) is 26.4 Å². The predicted molar refractivity (Wildman–Crippen MR) is 187 cm³/mol. The number of fused-ring (bicyclic) bond motifs is 2. The smallest absolute Gasteiger partial charge is 0.338 e. The molecule has 0 fully saturated rings. The summed E-state index contributed by atoms with van der Waals surface area (Å²) in [4.78, 5) is 33.5. The maximum atomic E-state index is 14.4. The topological polar surface area (TPSA) is 65.6 Å². The van der Waals surface area contributed by atoms with Gasteiger partial charge in [0.05, 0.1) is 28.5 Å². The Balaban J connectivity index is 1.47. The van der Waals surface area contributed by atoms with Gasteiger partial charge in [-0.1, -0.05) is 100 Å². The van der Waals surface area contributed by atoms with Crippen molar-refractivity contribution in [3.8, 4) is 0 Å². The maximum absolute atomic E-state index is 14.4. The second kappa shape index (κ2) is 12.7. The van der Waals surface area contributed by atoms with E-state index in [4.69, 9.17) is 9.73 Å². The van der Waals surface area contributed by atoms with Crippen LogP contribution in [-0.2, 0) is 16.1 Å². The molecule has 3 heterocycles. The van der Waals surface area contributed by atoms with E-state index in [-0.39, 0.29) is 17.7 Å². The summed E-state index contributed by atoms with van der Waals surface area (Å²) in [5.41, 5.74) is 5.83. The number of hydrogen-bond acceptors (Lipinski definition) is 5. The second-order valence-corrected chi connectivity index (χ2v) is 13.1. The van der Waals surface area contributed by atoms with Crippen molar-refractivity contribution in [1.29, 1.82) is 0 Å². The normalized spacial score (nSPS) is 14.7. The fourth-order valence-electron chi connectivity index (χ4n) is 6.15. The number of rotatable bonds is 7. The molecule has 9 heteroatoms. The van der Waals surface area contributed by atoms with Crippen molar-refractivity contribution in [2.24, 2.45) is 4.99 Å². The predicted octanol–water partition coefficient (Wildman–Crippen LogP) is 7.15. The van der Waals surface area contributed by atoms with E-state index >= 15 is 0 Å². The molecule has 0 radical (unpaired) electrons. The summed E-state index contributed by atoms with van der Waals surface area (Å²) in [5, 5.41) is 1.03. The highest BCUT2D eigenvalue weighted by Crippen LogP contribution is 2.35. The summed E-state index contributed by atoms with van der Waals surface area (Å²) in [6.07, 6.45) is 1.93. The Morgan fingerprint density at radius 2 is 1.68 bits per heavy atom. The zero-order valence-corrected chi connectivity index (χ0v) is 28.0. The van der Waals surface area contributed by atoms with Crippen LogP contribution in [0.1, 0.15) is 40.9 Å².